The third-order valence-corrected chi connectivity index (χ3v) is 1.73. The van der Waals surface area contributed by atoms with Gasteiger partial charge in [-0.15, -0.1) is 0 Å². The Morgan fingerprint density at radius 1 is 1.71 bits per heavy atom. The normalized spacial score (nSPS) is 23.3. The van der Waals surface area contributed by atoms with E-state index in [9.17, 15) is 19.8 Å². The van der Waals surface area contributed by atoms with Crippen LogP contribution >= 0.6 is 0 Å². The van der Waals surface area contributed by atoms with Crippen LogP contribution in [0.3, 0.4) is 0 Å². The Labute approximate surface area is 78.7 Å². The van der Waals surface area contributed by atoms with Crippen molar-refractivity contribution in [1.82, 2.24) is 0 Å². The summed E-state index contributed by atoms with van der Waals surface area (Å²) >= 11 is 0. The van der Waals surface area contributed by atoms with Gasteiger partial charge in [-0.3, -0.25) is 0 Å². The van der Waals surface area contributed by atoms with E-state index < -0.39 is 35.6 Å². The number of carbonyl (C=O) groups is 2. The highest BCUT2D eigenvalue weighted by molar-refractivity contribution is 5.91. The molecule has 2 unspecified atom stereocenters. The standard InChI is InChI=1S/C7H9NO6/c1-13-7(12)4(10)5-3(9)2(8)6(11)14-5/h4-5,9-10H,8H2,1H3. The summed E-state index contributed by atoms with van der Waals surface area (Å²) in [5.41, 5.74) is 4.57. The summed E-state index contributed by atoms with van der Waals surface area (Å²) in [7, 11) is 1.05. The fourth-order valence-electron chi connectivity index (χ4n) is 0.951. The molecule has 4 N–H and O–H groups in total. The quantitative estimate of drug-likeness (QED) is 0.452. The topological polar surface area (TPSA) is 119 Å². The maximum absolute atomic E-state index is 10.8. The lowest BCUT2D eigenvalue weighted by Gasteiger charge is -2.14. The predicted octanol–water partition coefficient (Wildman–Crippen LogP) is -1.83. The lowest BCUT2D eigenvalue weighted by atomic mass is 10.1. The average molecular weight is 203 g/mol. The van der Waals surface area contributed by atoms with Crippen LogP contribution in [0, 0.1) is 0 Å². The van der Waals surface area contributed by atoms with Crippen molar-refractivity contribution in [3.63, 3.8) is 0 Å². The van der Waals surface area contributed by atoms with Crippen molar-refractivity contribution in [2.45, 2.75) is 12.2 Å². The first-order valence-corrected chi connectivity index (χ1v) is 3.64. The van der Waals surface area contributed by atoms with E-state index in [0.29, 0.717) is 0 Å². The number of aliphatic hydroxyl groups excluding tert-OH is 2. The van der Waals surface area contributed by atoms with Gasteiger partial charge in [-0.1, -0.05) is 0 Å². The molecule has 0 aromatic heterocycles. The van der Waals surface area contributed by atoms with Crippen molar-refractivity contribution in [1.29, 1.82) is 0 Å². The summed E-state index contributed by atoms with van der Waals surface area (Å²) in [5, 5.41) is 18.4. The molecule has 1 heterocycles. The van der Waals surface area contributed by atoms with Crippen LogP contribution in [-0.4, -0.2) is 41.5 Å². The molecule has 0 bridgehead atoms. The molecule has 1 rings (SSSR count). The molecule has 7 nitrogen and oxygen atoms in total. The maximum atomic E-state index is 10.8. The van der Waals surface area contributed by atoms with Crippen molar-refractivity contribution in [3.05, 3.63) is 11.5 Å². The lowest BCUT2D eigenvalue weighted by molar-refractivity contribution is -0.161. The first-order chi connectivity index (χ1) is 6.49. The highest BCUT2D eigenvalue weighted by Gasteiger charge is 2.41. The first kappa shape index (κ1) is 10.3. The largest absolute Gasteiger partial charge is 0.506 e. The molecule has 0 aromatic rings. The van der Waals surface area contributed by atoms with E-state index in [2.05, 4.69) is 9.47 Å². The molecule has 7 heteroatoms. The number of hydrogen-bond acceptors (Lipinski definition) is 7. The van der Waals surface area contributed by atoms with E-state index >= 15 is 0 Å². The van der Waals surface area contributed by atoms with Crippen LogP contribution in [0.5, 0.6) is 0 Å². The summed E-state index contributed by atoms with van der Waals surface area (Å²) in [6.45, 7) is 0. The van der Waals surface area contributed by atoms with E-state index in [-0.39, 0.29) is 0 Å². The summed E-state index contributed by atoms with van der Waals surface area (Å²) in [5.74, 6) is -2.66. The molecule has 1 aliphatic rings. The Kier molecular flexibility index (Phi) is 2.61. The predicted molar refractivity (Wildman–Crippen MR) is 41.7 cm³/mol. The van der Waals surface area contributed by atoms with Gasteiger partial charge in [0.15, 0.2) is 23.7 Å². The van der Waals surface area contributed by atoms with Gasteiger partial charge in [0.25, 0.3) is 0 Å². The third-order valence-electron chi connectivity index (χ3n) is 1.73. The molecule has 0 aromatic carbocycles. The molecule has 14 heavy (non-hydrogen) atoms. The van der Waals surface area contributed by atoms with Gasteiger partial charge < -0.3 is 25.4 Å². The summed E-state index contributed by atoms with van der Waals surface area (Å²) < 4.78 is 8.62. The number of hydrogen-bond donors (Lipinski definition) is 3. The molecule has 0 aliphatic carbocycles. The van der Waals surface area contributed by atoms with Gasteiger partial charge in [0.05, 0.1) is 7.11 Å². The van der Waals surface area contributed by atoms with Crippen LogP contribution in [-0.2, 0) is 19.1 Å². The minimum absolute atomic E-state index is 0.516. The second kappa shape index (κ2) is 3.54. The fraction of sp³-hybridized carbons (Fsp3) is 0.429. The minimum Gasteiger partial charge on any atom is -0.506 e. The molecule has 0 saturated heterocycles. The number of aliphatic hydroxyl groups is 2. The van der Waals surface area contributed by atoms with Crippen molar-refractivity contribution in [2.75, 3.05) is 7.11 Å². The van der Waals surface area contributed by atoms with Crippen LogP contribution in [0.2, 0.25) is 0 Å². The van der Waals surface area contributed by atoms with Crippen molar-refractivity contribution >= 4 is 11.9 Å². The van der Waals surface area contributed by atoms with Gasteiger partial charge in [0.2, 0.25) is 0 Å². The molecule has 0 spiro atoms. The van der Waals surface area contributed by atoms with E-state index in [0.717, 1.165) is 7.11 Å². The zero-order valence-electron chi connectivity index (χ0n) is 7.26. The van der Waals surface area contributed by atoms with Crippen LogP contribution in [0.15, 0.2) is 11.5 Å². The van der Waals surface area contributed by atoms with Gasteiger partial charge in [0, 0.05) is 0 Å². The summed E-state index contributed by atoms with van der Waals surface area (Å²) in [6.07, 6.45) is -3.25. The first-order valence-electron chi connectivity index (χ1n) is 3.64. The number of esters is 2. The molecule has 0 radical (unpaired) electrons. The van der Waals surface area contributed by atoms with Gasteiger partial charge >= 0.3 is 11.9 Å². The fourth-order valence-corrected chi connectivity index (χ4v) is 0.951. The Balaban J connectivity index is 2.83. The van der Waals surface area contributed by atoms with Gasteiger partial charge in [-0.05, 0) is 0 Å². The smallest absolute Gasteiger partial charge is 0.358 e. The summed E-state index contributed by atoms with van der Waals surface area (Å²) in [4.78, 5) is 21.6. The molecular formula is C7H9NO6. The molecule has 78 valence electrons. The highest BCUT2D eigenvalue weighted by atomic mass is 16.6. The molecular weight excluding hydrogens is 194 g/mol. The van der Waals surface area contributed by atoms with Crippen LogP contribution in [0.1, 0.15) is 0 Å². The van der Waals surface area contributed by atoms with Gasteiger partial charge in [-0.2, -0.15) is 0 Å². The monoisotopic (exact) mass is 203 g/mol. The molecule has 0 saturated carbocycles. The maximum Gasteiger partial charge on any atom is 0.358 e. The number of ether oxygens (including phenoxy) is 2. The average Bonchev–Trinajstić information content (AvgIpc) is 2.43. The van der Waals surface area contributed by atoms with Crippen LogP contribution in [0.25, 0.3) is 0 Å². The number of cyclic esters (lactones) is 1. The molecule has 1 aliphatic heterocycles. The van der Waals surface area contributed by atoms with E-state index in [1.165, 1.54) is 0 Å². The number of carbonyl (C=O) groups excluding carboxylic acids is 2. The van der Waals surface area contributed by atoms with Crippen LogP contribution in [0.4, 0.5) is 0 Å². The molecule has 0 amide bonds. The molecule has 2 atom stereocenters. The van der Waals surface area contributed by atoms with Crippen molar-refractivity contribution in [3.8, 4) is 0 Å². The Hall–Kier alpha value is -1.76. The SMILES string of the molecule is COC(=O)C(O)C1OC(=O)C(N)=C1O. The van der Waals surface area contributed by atoms with E-state index in [1.54, 1.807) is 0 Å². The third kappa shape index (κ3) is 1.49. The highest BCUT2D eigenvalue weighted by Crippen LogP contribution is 2.20. The number of nitrogens with two attached hydrogens (primary N) is 1. The van der Waals surface area contributed by atoms with E-state index in [1.807, 2.05) is 0 Å². The zero-order chi connectivity index (χ0) is 10.9. The van der Waals surface area contributed by atoms with E-state index in [4.69, 9.17) is 5.73 Å². The van der Waals surface area contributed by atoms with Gasteiger partial charge in [-0.25, -0.2) is 9.59 Å². The Morgan fingerprint density at radius 3 is 2.64 bits per heavy atom. The zero-order valence-corrected chi connectivity index (χ0v) is 7.26. The Morgan fingerprint density at radius 2 is 2.29 bits per heavy atom. The second-order valence-electron chi connectivity index (χ2n) is 2.59. The second-order valence-corrected chi connectivity index (χ2v) is 2.59. The minimum atomic E-state index is -1.77. The lowest BCUT2D eigenvalue weighted by Crippen LogP contribution is -2.36. The van der Waals surface area contributed by atoms with Gasteiger partial charge in [0.1, 0.15) is 0 Å². The Bertz CT molecular complexity index is 309. The number of rotatable bonds is 2. The molecule has 0 fully saturated rings. The summed E-state index contributed by atoms with van der Waals surface area (Å²) in [6, 6.07) is 0. The van der Waals surface area contributed by atoms with Crippen LogP contribution < -0.4 is 5.73 Å². The van der Waals surface area contributed by atoms with Crippen molar-refractivity contribution < 1.29 is 29.3 Å². The number of methoxy groups -OCH3 is 1. The van der Waals surface area contributed by atoms with Crippen molar-refractivity contribution in [2.24, 2.45) is 5.73 Å².